The number of carbonyl (C=O) groups excluding carboxylic acids is 1. The largest absolute Gasteiger partial charge is 0.383 e. The van der Waals surface area contributed by atoms with Crippen molar-refractivity contribution in [3.05, 3.63) is 0 Å². The van der Waals surface area contributed by atoms with E-state index in [1.807, 2.05) is 7.05 Å². The van der Waals surface area contributed by atoms with Crippen LogP contribution in [0.4, 0.5) is 0 Å². The van der Waals surface area contributed by atoms with Crippen LogP contribution in [-0.4, -0.2) is 51.2 Å². The smallest absolute Gasteiger partial charge is 0.230 e. The molecule has 0 bridgehead atoms. The zero-order chi connectivity index (χ0) is 12.2. The first kappa shape index (κ1) is 13.5. The van der Waals surface area contributed by atoms with Crippen molar-refractivity contribution >= 4 is 5.91 Å². The lowest BCUT2D eigenvalue weighted by Gasteiger charge is -2.35. The first-order valence-electron chi connectivity index (χ1n) is 6.00. The van der Waals surface area contributed by atoms with Gasteiger partial charge in [-0.15, -0.1) is 0 Å². The molecule has 0 aromatic heterocycles. The predicted molar refractivity (Wildman–Crippen MR) is 64.3 cm³/mol. The Morgan fingerprint density at radius 1 is 1.56 bits per heavy atom. The van der Waals surface area contributed by atoms with Crippen molar-refractivity contribution in [1.82, 2.24) is 10.2 Å². The Labute approximate surface area is 98.3 Å². The highest BCUT2D eigenvalue weighted by molar-refractivity contribution is 5.83. The van der Waals surface area contributed by atoms with E-state index in [1.165, 1.54) is 0 Å². The highest BCUT2D eigenvalue weighted by atomic mass is 16.5. The first-order chi connectivity index (χ1) is 7.54. The molecule has 1 atom stereocenters. The Balaban J connectivity index is 2.68. The molecule has 0 saturated carbocycles. The molecule has 1 fully saturated rings. The number of ether oxygens (including phenoxy) is 1. The molecule has 1 aliphatic heterocycles. The number of hydrogen-bond acceptors (Lipinski definition) is 3. The quantitative estimate of drug-likeness (QED) is 0.754. The van der Waals surface area contributed by atoms with E-state index in [2.05, 4.69) is 19.2 Å². The van der Waals surface area contributed by atoms with E-state index in [0.29, 0.717) is 19.1 Å². The summed E-state index contributed by atoms with van der Waals surface area (Å²) >= 11 is 0. The van der Waals surface area contributed by atoms with E-state index in [-0.39, 0.29) is 11.3 Å². The maximum absolute atomic E-state index is 12.4. The molecule has 1 N–H and O–H groups in total. The number of likely N-dealkylation sites (N-methyl/N-ethyl adjacent to an activating group) is 1. The Hall–Kier alpha value is -0.610. The fraction of sp³-hybridized carbons (Fsp3) is 0.917. The van der Waals surface area contributed by atoms with Crippen LogP contribution < -0.4 is 5.32 Å². The van der Waals surface area contributed by atoms with Gasteiger partial charge in [0, 0.05) is 27.2 Å². The van der Waals surface area contributed by atoms with Crippen LogP contribution in [0.2, 0.25) is 0 Å². The minimum atomic E-state index is -0.206. The summed E-state index contributed by atoms with van der Waals surface area (Å²) in [5.74, 6) is 0.629. The summed E-state index contributed by atoms with van der Waals surface area (Å²) in [6.07, 6.45) is 0.945. The summed E-state index contributed by atoms with van der Waals surface area (Å²) in [6.45, 7) is 7.29. The van der Waals surface area contributed by atoms with Crippen molar-refractivity contribution in [3.63, 3.8) is 0 Å². The van der Waals surface area contributed by atoms with Gasteiger partial charge in [-0.25, -0.2) is 0 Å². The summed E-state index contributed by atoms with van der Waals surface area (Å²) in [7, 11) is 3.53. The van der Waals surface area contributed by atoms with Crippen molar-refractivity contribution < 1.29 is 9.53 Å². The fourth-order valence-electron chi connectivity index (χ4n) is 2.34. The molecule has 0 radical (unpaired) electrons. The second kappa shape index (κ2) is 5.64. The lowest BCUT2D eigenvalue weighted by Crippen LogP contribution is -2.47. The summed E-state index contributed by atoms with van der Waals surface area (Å²) in [5.41, 5.74) is -0.206. The number of carbonyl (C=O) groups is 1. The molecule has 0 aromatic carbocycles. The molecule has 1 rings (SSSR count). The minimum Gasteiger partial charge on any atom is -0.383 e. The third-order valence-corrected chi connectivity index (χ3v) is 3.70. The van der Waals surface area contributed by atoms with Gasteiger partial charge in [0.1, 0.15) is 0 Å². The summed E-state index contributed by atoms with van der Waals surface area (Å²) in [5, 5.41) is 3.31. The number of hydrogen-bond donors (Lipinski definition) is 1. The lowest BCUT2D eigenvalue weighted by atomic mass is 9.75. The Morgan fingerprint density at radius 2 is 2.25 bits per heavy atom. The molecule has 1 aliphatic rings. The van der Waals surface area contributed by atoms with E-state index < -0.39 is 0 Å². The maximum atomic E-state index is 12.4. The maximum Gasteiger partial charge on any atom is 0.230 e. The molecule has 1 unspecified atom stereocenters. The molecule has 1 saturated heterocycles. The molecule has 4 heteroatoms. The van der Waals surface area contributed by atoms with Crippen molar-refractivity contribution in [2.75, 3.05) is 40.4 Å². The van der Waals surface area contributed by atoms with Crippen LogP contribution in [0.25, 0.3) is 0 Å². The molecule has 1 amide bonds. The molecule has 1 heterocycles. The van der Waals surface area contributed by atoms with E-state index in [1.54, 1.807) is 12.0 Å². The number of rotatable bonds is 5. The molecule has 94 valence electrons. The standard InChI is InChI=1S/C12H24N2O2/c1-10(2)12(5-6-13-9-12)11(15)14(3)7-8-16-4/h10,13H,5-9H2,1-4H3. The van der Waals surface area contributed by atoms with Crippen LogP contribution >= 0.6 is 0 Å². The van der Waals surface area contributed by atoms with Gasteiger partial charge in [0.2, 0.25) is 5.91 Å². The van der Waals surface area contributed by atoms with Gasteiger partial charge in [0.15, 0.2) is 0 Å². The molecule has 0 aliphatic carbocycles. The normalized spacial score (nSPS) is 25.1. The summed E-state index contributed by atoms with van der Waals surface area (Å²) in [6, 6.07) is 0. The van der Waals surface area contributed by atoms with Gasteiger partial charge in [-0.3, -0.25) is 4.79 Å². The van der Waals surface area contributed by atoms with E-state index in [4.69, 9.17) is 4.74 Å². The fourth-order valence-corrected chi connectivity index (χ4v) is 2.34. The van der Waals surface area contributed by atoms with Crippen LogP contribution in [0.1, 0.15) is 20.3 Å². The van der Waals surface area contributed by atoms with Gasteiger partial charge >= 0.3 is 0 Å². The van der Waals surface area contributed by atoms with Gasteiger partial charge in [-0.2, -0.15) is 0 Å². The van der Waals surface area contributed by atoms with E-state index in [9.17, 15) is 4.79 Å². The van der Waals surface area contributed by atoms with Gasteiger partial charge < -0.3 is 15.0 Å². The van der Waals surface area contributed by atoms with E-state index >= 15 is 0 Å². The SMILES string of the molecule is COCCN(C)C(=O)C1(C(C)C)CCNC1. The molecule has 0 spiro atoms. The van der Waals surface area contributed by atoms with Gasteiger partial charge in [0.25, 0.3) is 0 Å². The van der Waals surface area contributed by atoms with Crippen LogP contribution in [-0.2, 0) is 9.53 Å². The second-order valence-electron chi connectivity index (χ2n) is 4.96. The van der Waals surface area contributed by atoms with Crippen molar-refractivity contribution in [3.8, 4) is 0 Å². The zero-order valence-corrected chi connectivity index (χ0v) is 10.9. The monoisotopic (exact) mass is 228 g/mol. The number of methoxy groups -OCH3 is 1. The first-order valence-corrected chi connectivity index (χ1v) is 6.00. The van der Waals surface area contributed by atoms with Crippen LogP contribution in [0.3, 0.4) is 0 Å². The average Bonchev–Trinajstić information content (AvgIpc) is 2.75. The molecule has 4 nitrogen and oxygen atoms in total. The van der Waals surface area contributed by atoms with Crippen molar-refractivity contribution in [2.24, 2.45) is 11.3 Å². The number of amides is 1. The van der Waals surface area contributed by atoms with E-state index in [0.717, 1.165) is 19.5 Å². The number of nitrogens with one attached hydrogen (secondary N) is 1. The number of nitrogens with zero attached hydrogens (tertiary/aromatic N) is 1. The summed E-state index contributed by atoms with van der Waals surface area (Å²) in [4.78, 5) is 14.2. The second-order valence-corrected chi connectivity index (χ2v) is 4.96. The third kappa shape index (κ3) is 2.55. The topological polar surface area (TPSA) is 41.6 Å². The van der Waals surface area contributed by atoms with Gasteiger partial charge in [-0.05, 0) is 18.9 Å². The molecular formula is C12H24N2O2. The molecular weight excluding hydrogens is 204 g/mol. The minimum absolute atomic E-state index is 0.206. The molecule has 0 aromatic rings. The van der Waals surface area contributed by atoms with Crippen molar-refractivity contribution in [1.29, 1.82) is 0 Å². The highest BCUT2D eigenvalue weighted by Gasteiger charge is 2.45. The molecule has 16 heavy (non-hydrogen) atoms. The van der Waals surface area contributed by atoms with Crippen LogP contribution in [0.15, 0.2) is 0 Å². The Morgan fingerprint density at radius 3 is 2.69 bits per heavy atom. The predicted octanol–water partition coefficient (Wildman–Crippen LogP) is 0.727. The summed E-state index contributed by atoms with van der Waals surface area (Å²) < 4.78 is 5.01. The Bertz CT molecular complexity index is 235. The van der Waals surface area contributed by atoms with Gasteiger partial charge in [0.05, 0.1) is 12.0 Å². The van der Waals surface area contributed by atoms with Crippen LogP contribution in [0.5, 0.6) is 0 Å². The van der Waals surface area contributed by atoms with Crippen molar-refractivity contribution in [2.45, 2.75) is 20.3 Å². The zero-order valence-electron chi connectivity index (χ0n) is 10.9. The third-order valence-electron chi connectivity index (χ3n) is 3.70. The Kier molecular flexibility index (Phi) is 4.74. The average molecular weight is 228 g/mol. The highest BCUT2D eigenvalue weighted by Crippen LogP contribution is 2.35. The lowest BCUT2D eigenvalue weighted by molar-refractivity contribution is -0.142. The van der Waals surface area contributed by atoms with Crippen LogP contribution in [0, 0.1) is 11.3 Å². The van der Waals surface area contributed by atoms with Gasteiger partial charge in [-0.1, -0.05) is 13.8 Å².